The minimum atomic E-state index is 0.697. The Labute approximate surface area is 164 Å². The van der Waals surface area contributed by atoms with Crippen molar-refractivity contribution >= 4 is 28.1 Å². The van der Waals surface area contributed by atoms with Crippen LogP contribution in [0.5, 0.6) is 0 Å². The Hall–Kier alpha value is -2.55. The number of nitriles is 1. The van der Waals surface area contributed by atoms with Crippen molar-refractivity contribution < 1.29 is 0 Å². The van der Waals surface area contributed by atoms with Gasteiger partial charge in [-0.05, 0) is 31.9 Å². The number of halogens is 1. The smallest absolute Gasteiger partial charge is 0.131 e. The molecule has 0 aliphatic carbocycles. The zero-order valence-corrected chi connectivity index (χ0v) is 16.4. The van der Waals surface area contributed by atoms with Gasteiger partial charge in [-0.3, -0.25) is 4.68 Å². The van der Waals surface area contributed by atoms with Gasteiger partial charge in [-0.2, -0.15) is 10.4 Å². The van der Waals surface area contributed by atoms with Gasteiger partial charge in [-0.15, -0.1) is 0 Å². The van der Waals surface area contributed by atoms with Gasteiger partial charge in [0.2, 0.25) is 0 Å². The highest BCUT2D eigenvalue weighted by Crippen LogP contribution is 2.33. The maximum absolute atomic E-state index is 9.45. The van der Waals surface area contributed by atoms with E-state index in [1.54, 1.807) is 4.68 Å². The lowest BCUT2D eigenvalue weighted by Gasteiger charge is -2.41. The summed E-state index contributed by atoms with van der Waals surface area (Å²) in [5.41, 5.74) is 3.90. The Balaban J connectivity index is 1.75. The first-order valence-corrected chi connectivity index (χ1v) is 9.60. The van der Waals surface area contributed by atoms with Gasteiger partial charge in [0.05, 0.1) is 23.0 Å². The van der Waals surface area contributed by atoms with Gasteiger partial charge >= 0.3 is 0 Å². The number of rotatable bonds is 3. The van der Waals surface area contributed by atoms with Crippen LogP contribution in [0.25, 0.3) is 10.8 Å². The summed E-state index contributed by atoms with van der Waals surface area (Å²) >= 11 is 6.48. The molecule has 1 saturated heterocycles. The molecule has 27 heavy (non-hydrogen) atoms. The Morgan fingerprint density at radius 3 is 2.56 bits per heavy atom. The van der Waals surface area contributed by atoms with Crippen LogP contribution in [0.15, 0.2) is 36.4 Å². The number of benzene rings is 2. The lowest BCUT2D eigenvalue weighted by atomic mass is 10.0. The summed E-state index contributed by atoms with van der Waals surface area (Å²) in [5.74, 6) is 0. The molecule has 2 heterocycles. The van der Waals surface area contributed by atoms with Crippen molar-refractivity contribution in [1.29, 1.82) is 5.26 Å². The third-order valence-electron chi connectivity index (χ3n) is 5.29. The van der Waals surface area contributed by atoms with Crippen molar-refractivity contribution in [2.75, 3.05) is 18.1 Å². The number of hydrogen-bond acceptors (Lipinski definition) is 4. The van der Waals surface area contributed by atoms with Gasteiger partial charge in [-0.25, -0.2) is 5.01 Å². The summed E-state index contributed by atoms with van der Waals surface area (Å²) in [7, 11) is 1.88. The second kappa shape index (κ2) is 7.22. The van der Waals surface area contributed by atoms with Crippen LogP contribution in [-0.2, 0) is 13.6 Å². The minimum Gasteiger partial charge on any atom is -0.305 e. The summed E-state index contributed by atoms with van der Waals surface area (Å²) in [5, 5.41) is 21.4. The van der Waals surface area contributed by atoms with Gasteiger partial charge in [0, 0.05) is 43.0 Å². The molecular formula is C21H22ClN5. The van der Waals surface area contributed by atoms with E-state index in [9.17, 15) is 5.26 Å². The molecule has 4 rings (SSSR count). The van der Waals surface area contributed by atoms with Crippen LogP contribution in [0.3, 0.4) is 0 Å². The Kier molecular flexibility index (Phi) is 4.77. The number of fused-ring (bicyclic) bond motifs is 1. The molecule has 1 fully saturated rings. The molecule has 0 bridgehead atoms. The van der Waals surface area contributed by atoms with E-state index in [0.717, 1.165) is 60.2 Å². The molecule has 0 spiro atoms. The van der Waals surface area contributed by atoms with Gasteiger partial charge in [0.15, 0.2) is 0 Å². The molecule has 138 valence electrons. The molecule has 0 unspecified atom stereocenters. The molecule has 0 amide bonds. The van der Waals surface area contributed by atoms with Crippen molar-refractivity contribution in [2.45, 2.75) is 26.3 Å². The lowest BCUT2D eigenvalue weighted by Crippen LogP contribution is -2.47. The molecule has 6 heteroatoms. The van der Waals surface area contributed by atoms with Gasteiger partial charge in [0.1, 0.15) is 5.15 Å². The highest BCUT2D eigenvalue weighted by Gasteiger charge is 2.25. The molecule has 2 aromatic carbocycles. The largest absolute Gasteiger partial charge is 0.305 e. The average molecular weight is 380 g/mol. The normalized spacial score (nSPS) is 15.3. The van der Waals surface area contributed by atoms with Crippen molar-refractivity contribution in [1.82, 2.24) is 14.8 Å². The summed E-state index contributed by atoms with van der Waals surface area (Å²) in [6.07, 6.45) is 2.30. The Morgan fingerprint density at radius 1 is 1.11 bits per heavy atom. The maximum atomic E-state index is 9.45. The summed E-state index contributed by atoms with van der Waals surface area (Å²) in [6, 6.07) is 14.4. The third-order valence-corrected chi connectivity index (χ3v) is 5.76. The van der Waals surface area contributed by atoms with Crippen molar-refractivity contribution in [2.24, 2.45) is 7.05 Å². The third kappa shape index (κ3) is 3.16. The van der Waals surface area contributed by atoms with E-state index < -0.39 is 0 Å². The Morgan fingerprint density at radius 2 is 1.85 bits per heavy atom. The number of aryl methyl sites for hydroxylation is 2. The van der Waals surface area contributed by atoms with Gasteiger partial charge < -0.3 is 5.01 Å². The van der Waals surface area contributed by atoms with Crippen molar-refractivity contribution in [3.63, 3.8) is 0 Å². The van der Waals surface area contributed by atoms with Gasteiger partial charge in [0.25, 0.3) is 0 Å². The van der Waals surface area contributed by atoms with E-state index in [0.29, 0.717) is 10.7 Å². The number of hydrogen-bond donors (Lipinski definition) is 0. The summed E-state index contributed by atoms with van der Waals surface area (Å²) in [4.78, 5) is 0. The van der Waals surface area contributed by atoms with Crippen LogP contribution >= 0.6 is 11.6 Å². The molecule has 3 aromatic rings. The minimum absolute atomic E-state index is 0.697. The van der Waals surface area contributed by atoms with E-state index >= 15 is 0 Å². The standard InChI is InChI=1S/C21H22ClN5/c1-15-19(21(22)25(2)24-15)14-26-11-5-6-12-27(26)20-10-9-16(13-23)17-7-3-4-8-18(17)20/h3-4,7-10H,5-6,11-12,14H2,1-2H3. The molecule has 1 aliphatic rings. The fourth-order valence-electron chi connectivity index (χ4n) is 3.90. The van der Waals surface area contributed by atoms with Crippen LogP contribution in [0.4, 0.5) is 5.69 Å². The summed E-state index contributed by atoms with van der Waals surface area (Å²) < 4.78 is 1.73. The zero-order valence-electron chi connectivity index (χ0n) is 15.6. The number of nitrogens with zero attached hydrogens (tertiary/aromatic N) is 5. The molecule has 0 N–H and O–H groups in total. The fraction of sp³-hybridized carbons (Fsp3) is 0.333. The molecule has 0 atom stereocenters. The monoisotopic (exact) mass is 379 g/mol. The SMILES string of the molecule is Cc1nn(C)c(Cl)c1CN1CCCCN1c1ccc(C#N)c2ccccc12. The fourth-order valence-corrected chi connectivity index (χ4v) is 4.13. The van der Waals surface area contributed by atoms with E-state index in [-0.39, 0.29) is 0 Å². The lowest BCUT2D eigenvalue weighted by molar-refractivity contribution is 0.204. The zero-order chi connectivity index (χ0) is 19.0. The molecule has 0 saturated carbocycles. The molecular weight excluding hydrogens is 358 g/mol. The number of anilines is 1. The number of aromatic nitrogens is 2. The topological polar surface area (TPSA) is 48.1 Å². The number of hydrazine groups is 1. The first kappa shape index (κ1) is 17.8. The van der Waals surface area contributed by atoms with E-state index in [4.69, 9.17) is 11.6 Å². The summed E-state index contributed by atoms with van der Waals surface area (Å²) in [6.45, 7) is 4.66. The molecule has 0 radical (unpaired) electrons. The van der Waals surface area contributed by atoms with Crippen LogP contribution in [0.2, 0.25) is 5.15 Å². The van der Waals surface area contributed by atoms with Crippen LogP contribution in [0, 0.1) is 18.3 Å². The van der Waals surface area contributed by atoms with E-state index in [2.05, 4.69) is 33.3 Å². The molecule has 1 aliphatic heterocycles. The molecule has 5 nitrogen and oxygen atoms in total. The quantitative estimate of drug-likeness (QED) is 0.675. The van der Waals surface area contributed by atoms with E-state index in [1.165, 1.54) is 0 Å². The van der Waals surface area contributed by atoms with Gasteiger partial charge in [-0.1, -0.05) is 35.9 Å². The van der Waals surface area contributed by atoms with E-state index in [1.807, 2.05) is 38.2 Å². The average Bonchev–Trinajstić information content (AvgIpc) is 2.94. The maximum Gasteiger partial charge on any atom is 0.131 e. The highest BCUT2D eigenvalue weighted by molar-refractivity contribution is 6.30. The van der Waals surface area contributed by atoms with Crippen LogP contribution in [0.1, 0.15) is 29.7 Å². The Bertz CT molecular complexity index is 1030. The second-order valence-corrected chi connectivity index (χ2v) is 7.34. The first-order valence-electron chi connectivity index (χ1n) is 9.22. The highest BCUT2D eigenvalue weighted by atomic mass is 35.5. The van der Waals surface area contributed by atoms with Crippen LogP contribution in [-0.4, -0.2) is 27.9 Å². The van der Waals surface area contributed by atoms with Crippen LogP contribution < -0.4 is 5.01 Å². The van der Waals surface area contributed by atoms with Crippen molar-refractivity contribution in [3.05, 3.63) is 58.4 Å². The molecule has 1 aromatic heterocycles. The first-order chi connectivity index (χ1) is 13.1. The second-order valence-electron chi connectivity index (χ2n) is 6.99. The predicted octanol–water partition coefficient (Wildman–Crippen LogP) is 4.42. The predicted molar refractivity (Wildman–Crippen MR) is 109 cm³/mol. The van der Waals surface area contributed by atoms with Crippen molar-refractivity contribution in [3.8, 4) is 6.07 Å².